The first kappa shape index (κ1) is 42.3. The third-order valence-corrected chi connectivity index (χ3v) is 0. The molecule has 0 aromatic rings. The van der Waals surface area contributed by atoms with Crippen LogP contribution in [0, 0.1) is 0 Å². The summed E-state index contributed by atoms with van der Waals surface area (Å²) in [5, 5.41) is 0. The Morgan fingerprint density at radius 3 is 1.00 bits per heavy atom. The van der Waals surface area contributed by atoms with E-state index < -0.39 is 0 Å². The smallest absolute Gasteiger partial charge is 0 e. The van der Waals surface area contributed by atoms with Crippen LogP contribution in [-0.2, 0) is 69.2 Å². The maximum absolute atomic E-state index is 0. The van der Waals surface area contributed by atoms with Crippen molar-refractivity contribution in [2.24, 2.45) is 0 Å². The predicted octanol–water partition coefficient (Wildman–Crippen LogP) is -0.391. The van der Waals surface area contributed by atoms with Crippen molar-refractivity contribution in [2.45, 2.75) is 0 Å². The van der Waals surface area contributed by atoms with Crippen LogP contribution in [0.2, 0.25) is 0 Å². The Morgan fingerprint density at radius 1 is 1.00 bits per heavy atom. The summed E-state index contributed by atoms with van der Waals surface area (Å²) in [6.45, 7) is 0. The minimum atomic E-state index is 0. The molecule has 0 bridgehead atoms. The standard InChI is InChI=1S/Cu.Fe.Na.Ni.V. The van der Waals surface area contributed by atoms with E-state index in [1.807, 2.05) is 0 Å². The van der Waals surface area contributed by atoms with E-state index in [-0.39, 0.29) is 98.7 Å². The van der Waals surface area contributed by atoms with Crippen LogP contribution in [0.1, 0.15) is 0 Å². The zero-order chi connectivity index (χ0) is 0. The summed E-state index contributed by atoms with van der Waals surface area (Å²) in [5.41, 5.74) is 0. The molecule has 3 radical (unpaired) electrons. The van der Waals surface area contributed by atoms with E-state index in [0.29, 0.717) is 0 Å². The molecule has 0 fully saturated rings. The van der Waals surface area contributed by atoms with Crippen molar-refractivity contribution in [1.82, 2.24) is 0 Å². The largest absolute Gasteiger partial charge is 0 e. The van der Waals surface area contributed by atoms with E-state index in [0.717, 1.165) is 0 Å². The van der Waals surface area contributed by atoms with Gasteiger partial charge in [-0.3, -0.25) is 0 Å². The molecule has 0 heterocycles. The van der Waals surface area contributed by atoms with E-state index in [2.05, 4.69) is 0 Å². The van der Waals surface area contributed by atoms with Gasteiger partial charge in [0, 0.05) is 98.7 Å². The Kier molecular flexibility index (Phi) is 232. The fourth-order valence-electron chi connectivity index (χ4n) is 0. The van der Waals surface area contributed by atoms with Crippen molar-refractivity contribution >= 4 is 29.6 Å². The average Bonchev–Trinajstić information content (AvgIpc) is 0. The van der Waals surface area contributed by atoms with E-state index >= 15 is 0 Å². The Morgan fingerprint density at radius 2 is 1.00 bits per heavy atom. The van der Waals surface area contributed by atoms with Crippen molar-refractivity contribution in [3.05, 3.63) is 0 Å². The average molecular weight is 252 g/mol. The van der Waals surface area contributed by atoms with E-state index in [1.165, 1.54) is 0 Å². The van der Waals surface area contributed by atoms with Gasteiger partial charge in [-0.2, -0.15) is 0 Å². The zero-order valence-electron chi connectivity index (χ0n) is 2.42. The number of rotatable bonds is 0. The van der Waals surface area contributed by atoms with E-state index in [4.69, 9.17) is 0 Å². The monoisotopic (exact) mass is 251 g/mol. The molecule has 0 N–H and O–H groups in total. The molecule has 0 amide bonds. The van der Waals surface area contributed by atoms with Crippen LogP contribution in [0.15, 0.2) is 0 Å². The second-order valence-corrected chi connectivity index (χ2v) is 0. The van der Waals surface area contributed by atoms with Gasteiger partial charge in [-0.05, 0) is 0 Å². The Labute approximate surface area is 97.0 Å². The van der Waals surface area contributed by atoms with E-state index in [9.17, 15) is 0 Å². The van der Waals surface area contributed by atoms with Gasteiger partial charge < -0.3 is 0 Å². The first-order valence-corrected chi connectivity index (χ1v) is 0. The normalized spacial score (nSPS) is 0. The summed E-state index contributed by atoms with van der Waals surface area (Å²) in [4.78, 5) is 0. The van der Waals surface area contributed by atoms with Crippen LogP contribution < -0.4 is 0 Å². The fraction of sp³-hybridized carbons (Fsp3) is 0. The second-order valence-electron chi connectivity index (χ2n) is 0. The third-order valence-electron chi connectivity index (χ3n) is 0. The number of hydrogen-bond acceptors (Lipinski definition) is 0. The van der Waals surface area contributed by atoms with Gasteiger partial charge in [0.1, 0.15) is 0 Å². The maximum Gasteiger partial charge on any atom is 0 e. The summed E-state index contributed by atoms with van der Waals surface area (Å²) < 4.78 is 0. The van der Waals surface area contributed by atoms with Crippen LogP contribution in [0.25, 0.3) is 0 Å². The van der Waals surface area contributed by atoms with Gasteiger partial charge in [-0.25, -0.2) is 0 Å². The summed E-state index contributed by atoms with van der Waals surface area (Å²) >= 11 is 0. The SMILES string of the molecule is [Cu].[Fe].[Na].[Ni].[V]. The first-order chi connectivity index (χ1) is 0. The zero-order valence-corrected chi connectivity index (χ0v) is 8.85. The molecule has 5 heteroatoms. The molecule has 5 heavy (non-hydrogen) atoms. The molecule has 0 aliphatic carbocycles. The molecule has 0 aliphatic heterocycles. The Hall–Kier alpha value is 3.12. The van der Waals surface area contributed by atoms with Crippen molar-refractivity contribution in [3.63, 3.8) is 0 Å². The van der Waals surface area contributed by atoms with Crippen LogP contribution in [-0.4, -0.2) is 29.6 Å². The van der Waals surface area contributed by atoms with Crippen molar-refractivity contribution < 1.29 is 69.2 Å². The summed E-state index contributed by atoms with van der Waals surface area (Å²) in [7, 11) is 0. The molecule has 35 valence electrons. The molecule has 0 aromatic heterocycles. The molecule has 0 unspecified atom stereocenters. The summed E-state index contributed by atoms with van der Waals surface area (Å²) in [5.74, 6) is 0. The van der Waals surface area contributed by atoms with Crippen molar-refractivity contribution in [3.8, 4) is 0 Å². The molecule has 0 spiro atoms. The number of hydrogen-bond donors (Lipinski definition) is 0. The Bertz CT molecular complexity index is 11.6. The van der Waals surface area contributed by atoms with Gasteiger partial charge in [0.2, 0.25) is 0 Å². The molecule has 0 aliphatic rings. The molecule has 0 saturated carbocycles. The third kappa shape index (κ3) is 19.2. The van der Waals surface area contributed by atoms with Gasteiger partial charge in [0.15, 0.2) is 0 Å². The van der Waals surface area contributed by atoms with Crippen LogP contribution in [0.5, 0.6) is 0 Å². The minimum Gasteiger partial charge on any atom is 0 e. The van der Waals surface area contributed by atoms with Gasteiger partial charge in [0.25, 0.3) is 0 Å². The predicted molar refractivity (Wildman–Crippen MR) is 5.75 cm³/mol. The second kappa shape index (κ2) is 27.4. The summed E-state index contributed by atoms with van der Waals surface area (Å²) in [6.07, 6.45) is 0. The molecule has 0 nitrogen and oxygen atoms in total. The molecule has 0 rings (SSSR count). The van der Waals surface area contributed by atoms with E-state index in [1.54, 1.807) is 0 Å². The summed E-state index contributed by atoms with van der Waals surface area (Å²) in [6, 6.07) is 0. The molecular formula is CuFeNaNiV. The maximum atomic E-state index is 0. The van der Waals surface area contributed by atoms with Crippen LogP contribution >= 0.6 is 0 Å². The van der Waals surface area contributed by atoms with Gasteiger partial charge >= 0.3 is 0 Å². The quantitative estimate of drug-likeness (QED) is 0.515. The van der Waals surface area contributed by atoms with Crippen molar-refractivity contribution in [1.29, 1.82) is 0 Å². The van der Waals surface area contributed by atoms with Crippen LogP contribution in [0.3, 0.4) is 0 Å². The van der Waals surface area contributed by atoms with Gasteiger partial charge in [-0.1, -0.05) is 0 Å². The Balaban J connectivity index is 0. The molecule has 0 saturated heterocycles. The van der Waals surface area contributed by atoms with Gasteiger partial charge in [-0.15, -0.1) is 0 Å². The van der Waals surface area contributed by atoms with Gasteiger partial charge in [0.05, 0.1) is 0 Å². The topological polar surface area (TPSA) is 0 Å². The molecule has 0 aromatic carbocycles. The molecule has 0 atom stereocenters. The van der Waals surface area contributed by atoms with Crippen LogP contribution in [0.4, 0.5) is 0 Å². The van der Waals surface area contributed by atoms with Crippen molar-refractivity contribution in [2.75, 3.05) is 0 Å². The first-order valence-electron chi connectivity index (χ1n) is 0. The molecular weight excluding hydrogens is 252 g/mol. The fourth-order valence-corrected chi connectivity index (χ4v) is 0. The minimum absolute atomic E-state index is 0.